The predicted molar refractivity (Wildman–Crippen MR) is 129 cm³/mol. The van der Waals surface area contributed by atoms with E-state index in [0.29, 0.717) is 5.69 Å². The van der Waals surface area contributed by atoms with E-state index in [0.717, 1.165) is 17.8 Å². The van der Waals surface area contributed by atoms with Crippen LogP contribution in [0.4, 0.5) is 23.2 Å². The van der Waals surface area contributed by atoms with Crippen molar-refractivity contribution in [3.8, 4) is 5.69 Å². The molecule has 1 aromatic heterocycles. The SMILES string of the molecule is C=C(N=C(/C=C(\N)c1ccc(C(F)(F)F)cc1)C(=O)OCC)Nc1ccc(-n2cnc(C)c2)c(F)c1. The third-order valence-electron chi connectivity index (χ3n) is 4.80. The molecule has 188 valence electrons. The van der Waals surface area contributed by atoms with Crippen LogP contribution in [-0.4, -0.2) is 27.8 Å². The van der Waals surface area contributed by atoms with E-state index >= 15 is 0 Å². The average Bonchev–Trinajstić information content (AvgIpc) is 3.24. The molecule has 0 saturated carbocycles. The maximum atomic E-state index is 14.6. The molecule has 0 bridgehead atoms. The van der Waals surface area contributed by atoms with Crippen LogP contribution in [0, 0.1) is 12.7 Å². The van der Waals surface area contributed by atoms with Gasteiger partial charge in [0.1, 0.15) is 11.6 Å². The first-order chi connectivity index (χ1) is 17.0. The number of carbonyl (C=O) groups excluding carboxylic acids is 1. The minimum atomic E-state index is -4.49. The van der Waals surface area contributed by atoms with Gasteiger partial charge in [-0.2, -0.15) is 13.2 Å². The van der Waals surface area contributed by atoms with E-state index in [2.05, 4.69) is 21.9 Å². The number of nitrogens with two attached hydrogens (primary N) is 1. The highest BCUT2D eigenvalue weighted by Crippen LogP contribution is 2.29. The molecule has 0 fully saturated rings. The molecule has 0 radical (unpaired) electrons. The van der Waals surface area contributed by atoms with E-state index in [9.17, 15) is 22.4 Å². The summed E-state index contributed by atoms with van der Waals surface area (Å²) in [6, 6.07) is 8.45. The maximum Gasteiger partial charge on any atom is 0.416 e. The van der Waals surface area contributed by atoms with Crippen LogP contribution in [0.2, 0.25) is 0 Å². The quantitative estimate of drug-likeness (QED) is 0.251. The number of benzene rings is 2. The zero-order valence-corrected chi connectivity index (χ0v) is 19.4. The number of nitrogens with zero attached hydrogens (tertiary/aromatic N) is 3. The number of aryl methyl sites for hydroxylation is 1. The van der Waals surface area contributed by atoms with Crippen molar-refractivity contribution in [2.75, 3.05) is 11.9 Å². The Labute approximate surface area is 204 Å². The molecule has 0 aliphatic heterocycles. The first-order valence-corrected chi connectivity index (χ1v) is 10.6. The van der Waals surface area contributed by atoms with Gasteiger partial charge in [-0.1, -0.05) is 18.7 Å². The van der Waals surface area contributed by atoms with Crippen LogP contribution in [0.5, 0.6) is 0 Å². The Morgan fingerprint density at radius 1 is 1.25 bits per heavy atom. The summed E-state index contributed by atoms with van der Waals surface area (Å²) in [5.41, 5.74) is 6.46. The van der Waals surface area contributed by atoms with Gasteiger partial charge in [0.2, 0.25) is 0 Å². The van der Waals surface area contributed by atoms with Crippen molar-refractivity contribution in [3.63, 3.8) is 0 Å². The molecule has 3 rings (SSSR count). The Morgan fingerprint density at radius 2 is 1.94 bits per heavy atom. The van der Waals surface area contributed by atoms with Crippen molar-refractivity contribution in [3.05, 3.63) is 96.1 Å². The first kappa shape index (κ1) is 26.2. The highest BCUT2D eigenvalue weighted by molar-refractivity contribution is 6.42. The van der Waals surface area contributed by atoms with Crippen LogP contribution in [0.15, 0.2) is 78.5 Å². The van der Waals surface area contributed by atoms with E-state index < -0.39 is 23.5 Å². The van der Waals surface area contributed by atoms with Gasteiger partial charge in [0.25, 0.3) is 0 Å². The van der Waals surface area contributed by atoms with Crippen molar-refractivity contribution in [1.29, 1.82) is 0 Å². The third kappa shape index (κ3) is 6.59. The number of halogens is 4. The summed E-state index contributed by atoms with van der Waals surface area (Å²) in [7, 11) is 0. The lowest BCUT2D eigenvalue weighted by molar-refractivity contribution is -0.137. The molecule has 1 heterocycles. The van der Waals surface area contributed by atoms with Crippen molar-refractivity contribution in [2.24, 2.45) is 10.7 Å². The second-order valence-corrected chi connectivity index (χ2v) is 7.55. The molecule has 3 aromatic rings. The molecule has 36 heavy (non-hydrogen) atoms. The Balaban J connectivity index is 1.83. The lowest BCUT2D eigenvalue weighted by Crippen LogP contribution is -2.18. The highest BCUT2D eigenvalue weighted by Gasteiger charge is 2.30. The number of hydrogen-bond donors (Lipinski definition) is 2. The molecular weight excluding hydrogens is 478 g/mol. The average molecular weight is 501 g/mol. The smallest absolute Gasteiger partial charge is 0.416 e. The van der Waals surface area contributed by atoms with Crippen molar-refractivity contribution >= 4 is 23.1 Å². The summed E-state index contributed by atoms with van der Waals surface area (Å²) in [4.78, 5) is 20.6. The fraction of sp³-hybridized carbons (Fsp3) is 0.160. The Kier molecular flexibility index (Phi) is 7.93. The molecule has 0 aliphatic carbocycles. The minimum Gasteiger partial charge on any atom is -0.461 e. The Morgan fingerprint density at radius 3 is 2.50 bits per heavy atom. The number of imidazole rings is 1. The van der Waals surface area contributed by atoms with Gasteiger partial charge < -0.3 is 20.4 Å². The summed E-state index contributed by atoms with van der Waals surface area (Å²) < 4.78 is 59.6. The van der Waals surface area contributed by atoms with Crippen LogP contribution >= 0.6 is 0 Å². The fourth-order valence-electron chi connectivity index (χ4n) is 3.11. The normalized spacial score (nSPS) is 12.4. The van der Waals surface area contributed by atoms with Crippen LogP contribution < -0.4 is 11.1 Å². The number of carbonyl (C=O) groups is 1. The lowest BCUT2D eigenvalue weighted by Gasteiger charge is -2.11. The molecular formula is C25H23F4N5O2. The number of nitrogens with one attached hydrogen (secondary N) is 1. The van der Waals surface area contributed by atoms with E-state index in [-0.39, 0.29) is 35.1 Å². The van der Waals surface area contributed by atoms with Gasteiger partial charge in [0, 0.05) is 17.6 Å². The lowest BCUT2D eigenvalue weighted by atomic mass is 10.1. The van der Waals surface area contributed by atoms with Crippen LogP contribution in [0.25, 0.3) is 11.4 Å². The van der Waals surface area contributed by atoms with Crippen LogP contribution in [0.3, 0.4) is 0 Å². The molecule has 11 heteroatoms. The predicted octanol–water partition coefficient (Wildman–Crippen LogP) is 5.23. The van der Waals surface area contributed by atoms with Crippen molar-refractivity contribution < 1.29 is 27.1 Å². The van der Waals surface area contributed by atoms with Crippen molar-refractivity contribution in [1.82, 2.24) is 9.55 Å². The summed E-state index contributed by atoms with van der Waals surface area (Å²) in [5, 5.41) is 2.78. The topological polar surface area (TPSA) is 94.5 Å². The van der Waals surface area contributed by atoms with Gasteiger partial charge in [0.15, 0.2) is 5.71 Å². The summed E-state index contributed by atoms with van der Waals surface area (Å²) in [6.45, 7) is 7.15. The van der Waals surface area contributed by atoms with Gasteiger partial charge in [-0.25, -0.2) is 19.2 Å². The fourth-order valence-corrected chi connectivity index (χ4v) is 3.11. The molecule has 0 aliphatic rings. The van der Waals surface area contributed by atoms with E-state index in [1.54, 1.807) is 26.1 Å². The molecule has 7 nitrogen and oxygen atoms in total. The summed E-state index contributed by atoms with van der Waals surface area (Å²) >= 11 is 0. The monoisotopic (exact) mass is 501 g/mol. The number of anilines is 1. The second kappa shape index (κ2) is 10.9. The first-order valence-electron chi connectivity index (χ1n) is 10.6. The molecule has 2 aromatic carbocycles. The number of aromatic nitrogens is 2. The largest absolute Gasteiger partial charge is 0.461 e. The van der Waals surface area contributed by atoms with E-state index in [1.807, 2.05) is 0 Å². The molecule has 0 saturated heterocycles. The molecule has 0 spiro atoms. The number of alkyl halides is 3. The number of hydrogen-bond acceptors (Lipinski definition) is 6. The number of rotatable bonds is 8. The third-order valence-corrected chi connectivity index (χ3v) is 4.80. The maximum absolute atomic E-state index is 14.6. The zero-order chi connectivity index (χ0) is 26.5. The van der Waals surface area contributed by atoms with Gasteiger partial charge >= 0.3 is 12.1 Å². The zero-order valence-electron chi connectivity index (χ0n) is 19.4. The van der Waals surface area contributed by atoms with E-state index in [4.69, 9.17) is 10.5 Å². The Bertz CT molecular complexity index is 1320. The Hall–Kier alpha value is -4.41. The molecule has 0 amide bonds. The van der Waals surface area contributed by atoms with Gasteiger partial charge in [0.05, 0.1) is 29.9 Å². The number of ether oxygens (including phenoxy) is 1. The molecule has 3 N–H and O–H groups in total. The highest BCUT2D eigenvalue weighted by atomic mass is 19.4. The van der Waals surface area contributed by atoms with Crippen LogP contribution in [-0.2, 0) is 15.7 Å². The van der Waals surface area contributed by atoms with E-state index in [1.165, 1.54) is 41.2 Å². The second-order valence-electron chi connectivity index (χ2n) is 7.55. The summed E-state index contributed by atoms with van der Waals surface area (Å²) in [5.74, 6) is -1.39. The number of esters is 1. The number of aliphatic imine (C=N–C) groups is 1. The molecule has 0 atom stereocenters. The van der Waals surface area contributed by atoms with Gasteiger partial charge in [-0.05, 0) is 55.8 Å². The standard InChI is InChI=1S/C25H23F4N5O2/c1-4-36-24(35)22(12-21(30)17-5-7-18(8-6-17)25(27,28)29)33-16(3)32-19-9-10-23(20(26)11-19)34-13-15(2)31-14-34/h5-14,32H,3-4,30H2,1-2H3/b21-12-,33-22?. The van der Waals surface area contributed by atoms with Crippen LogP contribution in [0.1, 0.15) is 23.7 Å². The summed E-state index contributed by atoms with van der Waals surface area (Å²) in [6.07, 6.45) is -0.164. The minimum absolute atomic E-state index is 0.0191. The molecule has 0 unspecified atom stereocenters. The van der Waals surface area contributed by atoms with Gasteiger partial charge in [-0.3, -0.25) is 0 Å². The van der Waals surface area contributed by atoms with Gasteiger partial charge in [-0.15, -0.1) is 0 Å². The van der Waals surface area contributed by atoms with Crippen molar-refractivity contribution in [2.45, 2.75) is 20.0 Å².